The number of hydrogen-bond donors (Lipinski definition) is 0. The van der Waals surface area contributed by atoms with Crippen LogP contribution in [0.15, 0.2) is 218 Å². The van der Waals surface area contributed by atoms with Crippen LogP contribution in [0.25, 0.3) is 71.6 Å². The summed E-state index contributed by atoms with van der Waals surface area (Å²) >= 11 is 0. The smallest absolute Gasteiger partial charge is 0.0541 e. The van der Waals surface area contributed by atoms with Crippen LogP contribution < -0.4 is 4.90 Å². The second-order valence-electron chi connectivity index (χ2n) is 13.8. The van der Waals surface area contributed by atoms with Crippen LogP contribution in [0.1, 0.15) is 0 Å². The quantitative estimate of drug-likeness (QED) is 0.162. The van der Waals surface area contributed by atoms with Crippen LogP contribution in [0.5, 0.6) is 0 Å². The van der Waals surface area contributed by atoms with Gasteiger partial charge in [-0.05, 0) is 93.4 Å². The van der Waals surface area contributed by atoms with Crippen LogP contribution in [-0.2, 0) is 0 Å². The van der Waals surface area contributed by atoms with Gasteiger partial charge in [0, 0.05) is 33.2 Å². The van der Waals surface area contributed by atoms with Crippen molar-refractivity contribution in [2.45, 2.75) is 0 Å². The topological polar surface area (TPSA) is 8.17 Å². The number of rotatable bonds is 7. The Morgan fingerprint density at radius 3 is 1.30 bits per heavy atom. The minimum Gasteiger partial charge on any atom is -0.310 e. The Hall–Kier alpha value is -7.16. The van der Waals surface area contributed by atoms with Crippen molar-refractivity contribution in [3.05, 3.63) is 218 Å². The van der Waals surface area contributed by atoms with Crippen molar-refractivity contribution in [1.29, 1.82) is 0 Å². The van der Waals surface area contributed by atoms with E-state index >= 15 is 0 Å². The fourth-order valence-corrected chi connectivity index (χ4v) is 8.01. The Balaban J connectivity index is 1.02. The van der Waals surface area contributed by atoms with Gasteiger partial charge in [-0.15, -0.1) is 0 Å². The van der Waals surface area contributed by atoms with Gasteiger partial charge >= 0.3 is 0 Å². The minimum absolute atomic E-state index is 1.11. The van der Waals surface area contributed by atoms with Gasteiger partial charge in [-0.25, -0.2) is 0 Å². The average Bonchev–Trinajstić information content (AvgIpc) is 3.59. The lowest BCUT2D eigenvalue weighted by Gasteiger charge is -2.27. The molecule has 2 nitrogen and oxygen atoms in total. The van der Waals surface area contributed by atoms with E-state index in [0.29, 0.717) is 0 Å². The number of benzene rings is 9. The monoisotopic (exact) mass is 688 g/mol. The molecule has 0 fully saturated rings. The van der Waals surface area contributed by atoms with Crippen molar-refractivity contribution in [3.8, 4) is 39.1 Å². The fraction of sp³-hybridized carbons (Fsp3) is 0. The van der Waals surface area contributed by atoms with Gasteiger partial charge in [-0.3, -0.25) is 0 Å². The third-order valence-electron chi connectivity index (χ3n) is 10.6. The summed E-state index contributed by atoms with van der Waals surface area (Å²) in [5.41, 5.74) is 14.2. The molecule has 254 valence electrons. The van der Waals surface area contributed by atoms with Crippen LogP contribution in [-0.4, -0.2) is 4.57 Å². The first-order chi connectivity index (χ1) is 26.8. The number of anilines is 3. The van der Waals surface area contributed by atoms with Gasteiger partial charge in [-0.1, -0.05) is 164 Å². The Morgan fingerprint density at radius 2 is 0.704 bits per heavy atom. The zero-order valence-corrected chi connectivity index (χ0v) is 29.7. The van der Waals surface area contributed by atoms with E-state index in [1.54, 1.807) is 0 Å². The van der Waals surface area contributed by atoms with Crippen molar-refractivity contribution >= 4 is 49.6 Å². The minimum atomic E-state index is 1.11. The molecule has 0 unspecified atom stereocenters. The molecule has 10 rings (SSSR count). The maximum atomic E-state index is 2.37. The molecule has 0 aliphatic carbocycles. The van der Waals surface area contributed by atoms with Gasteiger partial charge in [0.2, 0.25) is 0 Å². The normalized spacial score (nSPS) is 11.3. The second kappa shape index (κ2) is 13.4. The number of hydrogen-bond acceptors (Lipinski definition) is 1. The van der Waals surface area contributed by atoms with Crippen LogP contribution >= 0.6 is 0 Å². The lowest BCUT2D eigenvalue weighted by molar-refractivity contribution is 1.18. The predicted molar refractivity (Wildman–Crippen MR) is 229 cm³/mol. The maximum Gasteiger partial charge on any atom is 0.0541 e. The van der Waals surface area contributed by atoms with Crippen LogP contribution in [0.4, 0.5) is 17.1 Å². The van der Waals surface area contributed by atoms with Crippen LogP contribution in [0.2, 0.25) is 0 Å². The summed E-state index contributed by atoms with van der Waals surface area (Å²) in [5, 5.41) is 4.96. The Morgan fingerprint density at radius 1 is 0.278 bits per heavy atom. The number of aromatic nitrogens is 1. The highest BCUT2D eigenvalue weighted by molar-refractivity contribution is 6.09. The molecule has 0 spiro atoms. The van der Waals surface area contributed by atoms with E-state index < -0.39 is 0 Å². The third kappa shape index (κ3) is 5.53. The highest BCUT2D eigenvalue weighted by Gasteiger charge is 2.18. The second-order valence-corrected chi connectivity index (χ2v) is 13.8. The number of fused-ring (bicyclic) bond motifs is 4. The molecule has 0 aliphatic heterocycles. The predicted octanol–water partition coefficient (Wildman–Crippen LogP) is 14.4. The molecule has 0 aliphatic rings. The first kappa shape index (κ1) is 31.6. The molecule has 0 bridgehead atoms. The van der Waals surface area contributed by atoms with E-state index in [2.05, 4.69) is 228 Å². The van der Waals surface area contributed by atoms with Crippen molar-refractivity contribution < 1.29 is 0 Å². The molecular formula is C52H36N2. The Kier molecular flexibility index (Phi) is 7.85. The largest absolute Gasteiger partial charge is 0.310 e. The SMILES string of the molecule is c1ccc(-c2ccc(-c3ccc(N(c4ccccc4)c4ccc(-c5ccc(-n6c7ccccc7c7ccccc76)cc5)c5ccccc45)cc3)cc2)cc1. The van der Waals surface area contributed by atoms with Gasteiger partial charge in [0.25, 0.3) is 0 Å². The van der Waals surface area contributed by atoms with Gasteiger partial charge in [0.1, 0.15) is 0 Å². The summed E-state index contributed by atoms with van der Waals surface area (Å²) in [5.74, 6) is 0. The van der Waals surface area contributed by atoms with E-state index in [4.69, 9.17) is 0 Å². The molecule has 2 heteroatoms. The average molecular weight is 689 g/mol. The van der Waals surface area contributed by atoms with Crippen molar-refractivity contribution in [2.24, 2.45) is 0 Å². The van der Waals surface area contributed by atoms with Crippen LogP contribution in [0, 0.1) is 0 Å². The zero-order chi connectivity index (χ0) is 35.8. The molecule has 54 heavy (non-hydrogen) atoms. The first-order valence-electron chi connectivity index (χ1n) is 18.5. The molecule has 0 saturated carbocycles. The standard InChI is InChI=1S/C52H36N2/c1-3-13-37(14-4-1)38-23-25-39(26-24-38)40-27-31-43(32-28-40)53(42-15-5-2-6-16-42)52-36-35-45(46-17-7-8-18-47(46)52)41-29-33-44(34-30-41)54-50-21-11-9-19-48(50)49-20-10-12-22-51(49)54/h1-36H. The molecule has 0 atom stereocenters. The molecule has 10 aromatic rings. The maximum absolute atomic E-state index is 2.37. The van der Waals surface area contributed by atoms with Gasteiger partial charge < -0.3 is 9.47 Å². The highest BCUT2D eigenvalue weighted by Crippen LogP contribution is 2.43. The third-order valence-corrected chi connectivity index (χ3v) is 10.6. The first-order valence-corrected chi connectivity index (χ1v) is 18.5. The Labute approximate surface area is 315 Å². The summed E-state index contributed by atoms with van der Waals surface area (Å²) in [6.45, 7) is 0. The van der Waals surface area contributed by atoms with E-state index in [1.165, 1.54) is 66.0 Å². The summed E-state index contributed by atoms with van der Waals surface area (Å²) in [4.78, 5) is 2.37. The molecule has 1 heterocycles. The summed E-state index contributed by atoms with van der Waals surface area (Å²) in [6, 6.07) is 78.7. The van der Waals surface area contributed by atoms with Gasteiger partial charge in [0.05, 0.1) is 16.7 Å². The molecule has 1 aromatic heterocycles. The van der Waals surface area contributed by atoms with E-state index in [1.807, 2.05) is 0 Å². The molecular weight excluding hydrogens is 653 g/mol. The molecule has 0 amide bonds. The van der Waals surface area contributed by atoms with Crippen molar-refractivity contribution in [1.82, 2.24) is 4.57 Å². The van der Waals surface area contributed by atoms with Gasteiger partial charge in [0.15, 0.2) is 0 Å². The molecule has 0 radical (unpaired) electrons. The molecule has 0 N–H and O–H groups in total. The molecule has 9 aromatic carbocycles. The van der Waals surface area contributed by atoms with E-state index in [-0.39, 0.29) is 0 Å². The number of para-hydroxylation sites is 3. The highest BCUT2D eigenvalue weighted by atomic mass is 15.1. The van der Waals surface area contributed by atoms with Gasteiger partial charge in [-0.2, -0.15) is 0 Å². The summed E-state index contributed by atoms with van der Waals surface area (Å²) < 4.78 is 2.37. The Bertz CT molecular complexity index is 2830. The number of nitrogens with zero attached hydrogens (tertiary/aromatic N) is 2. The van der Waals surface area contributed by atoms with Crippen molar-refractivity contribution in [2.75, 3.05) is 4.90 Å². The van der Waals surface area contributed by atoms with E-state index in [9.17, 15) is 0 Å². The molecule has 0 saturated heterocycles. The lowest BCUT2D eigenvalue weighted by Crippen LogP contribution is -2.10. The zero-order valence-electron chi connectivity index (χ0n) is 29.7. The summed E-state index contributed by atoms with van der Waals surface area (Å²) in [7, 11) is 0. The summed E-state index contributed by atoms with van der Waals surface area (Å²) in [6.07, 6.45) is 0. The lowest BCUT2D eigenvalue weighted by atomic mass is 9.96. The van der Waals surface area contributed by atoms with Crippen molar-refractivity contribution in [3.63, 3.8) is 0 Å². The fourth-order valence-electron chi connectivity index (χ4n) is 8.01. The van der Waals surface area contributed by atoms with E-state index in [0.717, 1.165) is 22.7 Å². The van der Waals surface area contributed by atoms with Crippen LogP contribution in [0.3, 0.4) is 0 Å².